The summed E-state index contributed by atoms with van der Waals surface area (Å²) in [5.41, 5.74) is 1.61. The van der Waals surface area contributed by atoms with Crippen molar-refractivity contribution in [3.8, 4) is 5.75 Å². The molecule has 28 heavy (non-hydrogen) atoms. The van der Waals surface area contributed by atoms with E-state index in [1.165, 1.54) is 23.2 Å². The average Bonchev–Trinajstić information content (AvgIpc) is 3.14. The molecule has 0 saturated carbocycles. The third-order valence-corrected chi connectivity index (χ3v) is 5.15. The number of hydrogen-bond acceptors (Lipinski definition) is 6. The third kappa shape index (κ3) is 4.58. The maximum Gasteiger partial charge on any atom is 0.338 e. The van der Waals surface area contributed by atoms with Crippen LogP contribution in [0.15, 0.2) is 58.4 Å². The van der Waals surface area contributed by atoms with Gasteiger partial charge in [0.15, 0.2) is 5.13 Å². The number of thiazole rings is 1. The minimum atomic E-state index is -0.441. The maximum atomic E-state index is 12.3. The van der Waals surface area contributed by atoms with Gasteiger partial charge in [-0.15, -0.1) is 11.3 Å². The Labute approximate surface area is 174 Å². The smallest absolute Gasteiger partial charge is 0.338 e. The lowest BCUT2D eigenvalue weighted by molar-refractivity contribution is -0.115. The number of esters is 1. The van der Waals surface area contributed by atoms with Crippen LogP contribution >= 0.6 is 27.3 Å². The van der Waals surface area contributed by atoms with Gasteiger partial charge in [0, 0.05) is 16.8 Å². The highest BCUT2D eigenvalue weighted by Gasteiger charge is 2.21. The first-order chi connectivity index (χ1) is 13.5. The van der Waals surface area contributed by atoms with Gasteiger partial charge in [-0.25, -0.2) is 9.78 Å². The summed E-state index contributed by atoms with van der Waals surface area (Å²) in [6.45, 7) is 1.47. The Morgan fingerprint density at radius 1 is 1.18 bits per heavy atom. The highest BCUT2D eigenvalue weighted by molar-refractivity contribution is 9.10. The molecular formula is C20H17BrN2O4S. The second-order valence-corrected chi connectivity index (χ2v) is 7.49. The van der Waals surface area contributed by atoms with Gasteiger partial charge in [0.2, 0.25) is 5.91 Å². The third-order valence-electron chi connectivity index (χ3n) is 3.78. The molecule has 0 aliphatic carbocycles. The molecule has 0 fully saturated rings. The SMILES string of the molecule is COc1ccccc1N(C(C)=O)c1nc(COC(=O)c2cccc(Br)c2)cs1. The van der Waals surface area contributed by atoms with E-state index in [1.54, 1.807) is 42.8 Å². The molecule has 0 N–H and O–H groups in total. The number of halogens is 1. The Morgan fingerprint density at radius 3 is 2.68 bits per heavy atom. The number of hydrogen-bond donors (Lipinski definition) is 0. The van der Waals surface area contributed by atoms with Gasteiger partial charge in [-0.05, 0) is 30.3 Å². The normalized spacial score (nSPS) is 10.4. The molecular weight excluding hydrogens is 444 g/mol. The number of anilines is 2. The maximum absolute atomic E-state index is 12.3. The van der Waals surface area contributed by atoms with Crippen LogP contribution in [0.3, 0.4) is 0 Å². The number of methoxy groups -OCH3 is 1. The van der Waals surface area contributed by atoms with Gasteiger partial charge < -0.3 is 9.47 Å². The van der Waals surface area contributed by atoms with E-state index in [0.29, 0.717) is 27.8 Å². The van der Waals surface area contributed by atoms with Gasteiger partial charge >= 0.3 is 5.97 Å². The Kier molecular flexibility index (Phi) is 6.43. The molecule has 0 saturated heterocycles. The van der Waals surface area contributed by atoms with Crippen molar-refractivity contribution in [3.63, 3.8) is 0 Å². The van der Waals surface area contributed by atoms with Crippen molar-refractivity contribution in [2.45, 2.75) is 13.5 Å². The van der Waals surface area contributed by atoms with Gasteiger partial charge in [-0.1, -0.05) is 34.1 Å². The summed E-state index contributed by atoms with van der Waals surface area (Å²) in [6.07, 6.45) is 0. The second-order valence-electron chi connectivity index (χ2n) is 5.73. The van der Waals surface area contributed by atoms with E-state index in [9.17, 15) is 9.59 Å². The lowest BCUT2D eigenvalue weighted by atomic mass is 10.2. The van der Waals surface area contributed by atoms with Gasteiger partial charge in [0.1, 0.15) is 12.4 Å². The molecule has 0 aliphatic heterocycles. The highest BCUT2D eigenvalue weighted by atomic mass is 79.9. The number of carbonyl (C=O) groups excluding carboxylic acids is 2. The van der Waals surface area contributed by atoms with Crippen LogP contribution in [0.25, 0.3) is 0 Å². The molecule has 144 valence electrons. The summed E-state index contributed by atoms with van der Waals surface area (Å²) in [5.74, 6) is -0.0731. The Hall–Kier alpha value is -2.71. The highest BCUT2D eigenvalue weighted by Crippen LogP contribution is 2.35. The zero-order valence-electron chi connectivity index (χ0n) is 15.2. The van der Waals surface area contributed by atoms with Gasteiger partial charge in [-0.3, -0.25) is 9.69 Å². The summed E-state index contributed by atoms with van der Waals surface area (Å²) in [6, 6.07) is 14.2. The van der Waals surface area contributed by atoms with E-state index in [4.69, 9.17) is 9.47 Å². The molecule has 2 aromatic carbocycles. The molecule has 0 radical (unpaired) electrons. The van der Waals surface area contributed by atoms with Gasteiger partial charge in [0.05, 0.1) is 24.1 Å². The molecule has 1 heterocycles. The molecule has 1 aromatic heterocycles. The standard InChI is InChI=1S/C20H17BrN2O4S/c1-13(24)23(17-8-3-4-9-18(17)26-2)20-22-16(12-28-20)11-27-19(25)14-6-5-7-15(21)10-14/h3-10,12H,11H2,1-2H3. The Bertz CT molecular complexity index is 1010. The molecule has 0 unspecified atom stereocenters. The minimum absolute atomic E-state index is 0.0134. The van der Waals surface area contributed by atoms with Crippen LogP contribution in [0.4, 0.5) is 10.8 Å². The van der Waals surface area contributed by atoms with Gasteiger partial charge in [-0.2, -0.15) is 0 Å². The molecule has 3 aromatic rings. The van der Waals surface area contributed by atoms with Crippen molar-refractivity contribution in [3.05, 3.63) is 69.6 Å². The van der Waals surface area contributed by atoms with E-state index >= 15 is 0 Å². The lowest BCUT2D eigenvalue weighted by Crippen LogP contribution is -2.23. The predicted octanol–water partition coefficient (Wildman–Crippen LogP) is 4.96. The molecule has 1 amide bonds. The van der Waals surface area contributed by atoms with Crippen molar-refractivity contribution < 1.29 is 19.1 Å². The number of amides is 1. The number of para-hydroxylation sites is 2. The van der Waals surface area contributed by atoms with Crippen LogP contribution in [-0.4, -0.2) is 24.0 Å². The molecule has 0 bridgehead atoms. The summed E-state index contributed by atoms with van der Waals surface area (Å²) < 4.78 is 11.5. The number of benzene rings is 2. The summed E-state index contributed by atoms with van der Waals surface area (Å²) in [4.78, 5) is 30.4. The Balaban J connectivity index is 1.76. The van der Waals surface area contributed by atoms with Crippen LogP contribution in [0, 0.1) is 0 Å². The molecule has 0 spiro atoms. The van der Waals surface area contributed by atoms with E-state index in [2.05, 4.69) is 20.9 Å². The zero-order valence-corrected chi connectivity index (χ0v) is 17.6. The lowest BCUT2D eigenvalue weighted by Gasteiger charge is -2.20. The van der Waals surface area contributed by atoms with Crippen LogP contribution in [0.2, 0.25) is 0 Å². The Morgan fingerprint density at radius 2 is 1.96 bits per heavy atom. The van der Waals surface area contributed by atoms with Crippen molar-refractivity contribution in [1.82, 2.24) is 4.98 Å². The average molecular weight is 461 g/mol. The van der Waals surface area contributed by atoms with Crippen LogP contribution in [0.1, 0.15) is 23.0 Å². The fourth-order valence-corrected chi connectivity index (χ4v) is 3.79. The van der Waals surface area contributed by atoms with E-state index in [0.717, 1.165) is 4.47 Å². The first-order valence-corrected chi connectivity index (χ1v) is 9.97. The molecule has 0 atom stereocenters. The van der Waals surface area contributed by atoms with E-state index in [1.807, 2.05) is 18.2 Å². The van der Waals surface area contributed by atoms with Crippen LogP contribution < -0.4 is 9.64 Å². The number of aromatic nitrogens is 1. The topological polar surface area (TPSA) is 68.7 Å². The monoisotopic (exact) mass is 460 g/mol. The fraction of sp³-hybridized carbons (Fsp3) is 0.150. The molecule has 3 rings (SSSR count). The first kappa shape index (κ1) is 20.0. The number of carbonyl (C=O) groups is 2. The number of rotatable bonds is 6. The van der Waals surface area contributed by atoms with E-state index < -0.39 is 5.97 Å². The van der Waals surface area contributed by atoms with Crippen molar-refractivity contribution >= 4 is 50.0 Å². The largest absolute Gasteiger partial charge is 0.495 e. The van der Waals surface area contributed by atoms with Crippen LogP contribution in [-0.2, 0) is 16.1 Å². The van der Waals surface area contributed by atoms with Crippen molar-refractivity contribution in [2.75, 3.05) is 12.0 Å². The predicted molar refractivity (Wildman–Crippen MR) is 111 cm³/mol. The van der Waals surface area contributed by atoms with Crippen LogP contribution in [0.5, 0.6) is 5.75 Å². The van der Waals surface area contributed by atoms with E-state index in [-0.39, 0.29) is 12.5 Å². The van der Waals surface area contributed by atoms with Crippen molar-refractivity contribution in [2.24, 2.45) is 0 Å². The minimum Gasteiger partial charge on any atom is -0.495 e. The molecule has 0 aliphatic rings. The summed E-state index contributed by atoms with van der Waals surface area (Å²) >= 11 is 4.62. The number of nitrogens with zero attached hydrogens (tertiary/aromatic N) is 2. The fourth-order valence-electron chi connectivity index (χ4n) is 2.53. The molecule has 6 nitrogen and oxygen atoms in total. The van der Waals surface area contributed by atoms with Gasteiger partial charge in [0.25, 0.3) is 0 Å². The quantitative estimate of drug-likeness (QED) is 0.486. The second kappa shape index (κ2) is 8.99. The summed E-state index contributed by atoms with van der Waals surface area (Å²) in [7, 11) is 1.55. The summed E-state index contributed by atoms with van der Waals surface area (Å²) in [5, 5.41) is 2.24. The zero-order chi connectivity index (χ0) is 20.1. The van der Waals surface area contributed by atoms with Crippen molar-refractivity contribution in [1.29, 1.82) is 0 Å². The first-order valence-electron chi connectivity index (χ1n) is 8.30. The molecule has 8 heteroatoms. The number of ether oxygens (including phenoxy) is 2.